The van der Waals surface area contributed by atoms with E-state index in [-0.39, 0.29) is 29.9 Å². The third kappa shape index (κ3) is 4.86. The van der Waals surface area contributed by atoms with Crippen LogP contribution in [0.1, 0.15) is 16.7 Å². The van der Waals surface area contributed by atoms with Crippen molar-refractivity contribution in [1.82, 2.24) is 9.21 Å². The van der Waals surface area contributed by atoms with Crippen LogP contribution in [0, 0.1) is 6.92 Å². The maximum Gasteiger partial charge on any atom is 0.243 e. The van der Waals surface area contributed by atoms with Crippen LogP contribution in [0.25, 0.3) is 0 Å². The van der Waals surface area contributed by atoms with E-state index in [4.69, 9.17) is 0 Å². The van der Waals surface area contributed by atoms with E-state index in [9.17, 15) is 13.2 Å². The fraction of sp³-hybridized carbons (Fsp3) is 0.240. The number of hydrogen-bond donors (Lipinski definition) is 0. The molecule has 1 atom stereocenters. The van der Waals surface area contributed by atoms with Crippen LogP contribution in [-0.2, 0) is 27.8 Å². The maximum absolute atomic E-state index is 13.3. The van der Waals surface area contributed by atoms with Crippen LogP contribution in [0.3, 0.4) is 0 Å². The number of nitrogens with zero attached hydrogens (tertiary/aromatic N) is 2. The van der Waals surface area contributed by atoms with E-state index < -0.39 is 10.0 Å². The van der Waals surface area contributed by atoms with Gasteiger partial charge in [0.15, 0.2) is 0 Å². The number of benzene rings is 3. The molecular weight excluding hydrogens is 408 g/mol. The zero-order valence-electron chi connectivity index (χ0n) is 17.5. The normalized spacial score (nSPS) is 17.6. The zero-order valence-corrected chi connectivity index (χ0v) is 18.3. The standard InChI is InChI=1S/C25H26N2O3S/c1-20-12-14-24(15-13-20)31(29,30)26-18-23(16-21-8-4-2-5-9-21)27(25(28)19-26)17-22-10-6-3-7-11-22/h2-15,23H,16-19H2,1H3/t23-/m0/s1. The molecule has 0 aliphatic carbocycles. The average molecular weight is 435 g/mol. The van der Waals surface area contributed by atoms with E-state index in [1.807, 2.05) is 72.5 Å². The van der Waals surface area contributed by atoms with Gasteiger partial charge in [-0.25, -0.2) is 8.42 Å². The Bertz CT molecular complexity index is 1130. The van der Waals surface area contributed by atoms with Gasteiger partial charge in [0, 0.05) is 19.1 Å². The fourth-order valence-corrected chi connectivity index (χ4v) is 5.37. The molecule has 0 saturated carbocycles. The van der Waals surface area contributed by atoms with Crippen LogP contribution in [-0.4, -0.2) is 42.7 Å². The molecule has 3 aromatic carbocycles. The fourth-order valence-electron chi connectivity index (χ4n) is 3.94. The number of piperazine rings is 1. The summed E-state index contributed by atoms with van der Waals surface area (Å²) in [5.41, 5.74) is 3.10. The van der Waals surface area contributed by atoms with Gasteiger partial charge in [0.05, 0.1) is 11.4 Å². The highest BCUT2D eigenvalue weighted by atomic mass is 32.2. The molecule has 3 aromatic rings. The van der Waals surface area contributed by atoms with Gasteiger partial charge in [0.25, 0.3) is 0 Å². The highest BCUT2D eigenvalue weighted by Gasteiger charge is 2.38. The number of aryl methyl sites for hydroxylation is 1. The van der Waals surface area contributed by atoms with Gasteiger partial charge in [0.1, 0.15) is 0 Å². The van der Waals surface area contributed by atoms with Crippen molar-refractivity contribution in [3.05, 3.63) is 102 Å². The first-order valence-electron chi connectivity index (χ1n) is 10.4. The Hall–Kier alpha value is -2.96. The third-order valence-corrected chi connectivity index (χ3v) is 7.48. The van der Waals surface area contributed by atoms with Crippen LogP contribution in [0.15, 0.2) is 89.8 Å². The van der Waals surface area contributed by atoms with E-state index >= 15 is 0 Å². The van der Waals surface area contributed by atoms with Crippen molar-refractivity contribution < 1.29 is 13.2 Å². The molecule has 31 heavy (non-hydrogen) atoms. The zero-order chi connectivity index (χ0) is 21.8. The smallest absolute Gasteiger partial charge is 0.243 e. The van der Waals surface area contributed by atoms with Crippen LogP contribution in [0.2, 0.25) is 0 Å². The van der Waals surface area contributed by atoms with Crippen molar-refractivity contribution in [2.75, 3.05) is 13.1 Å². The second-order valence-corrected chi connectivity index (χ2v) is 9.90. The molecule has 0 spiro atoms. The van der Waals surface area contributed by atoms with Gasteiger partial charge in [-0.1, -0.05) is 78.4 Å². The summed E-state index contributed by atoms with van der Waals surface area (Å²) in [6, 6.07) is 26.2. The van der Waals surface area contributed by atoms with Crippen molar-refractivity contribution >= 4 is 15.9 Å². The Morgan fingerprint density at radius 1 is 0.839 bits per heavy atom. The molecule has 1 amide bonds. The van der Waals surface area contributed by atoms with E-state index in [0.717, 1.165) is 16.7 Å². The van der Waals surface area contributed by atoms with Crippen molar-refractivity contribution in [1.29, 1.82) is 0 Å². The van der Waals surface area contributed by atoms with Crippen LogP contribution >= 0.6 is 0 Å². The number of sulfonamides is 1. The molecule has 6 heteroatoms. The number of carbonyl (C=O) groups is 1. The minimum Gasteiger partial charge on any atom is -0.333 e. The summed E-state index contributed by atoms with van der Waals surface area (Å²) < 4.78 is 27.9. The van der Waals surface area contributed by atoms with Gasteiger partial charge in [-0.05, 0) is 36.6 Å². The van der Waals surface area contributed by atoms with Gasteiger partial charge in [-0.2, -0.15) is 4.31 Å². The van der Waals surface area contributed by atoms with Crippen molar-refractivity contribution in [2.24, 2.45) is 0 Å². The van der Waals surface area contributed by atoms with E-state index in [0.29, 0.717) is 13.0 Å². The summed E-state index contributed by atoms with van der Waals surface area (Å²) in [4.78, 5) is 15.2. The first-order chi connectivity index (χ1) is 14.9. The summed E-state index contributed by atoms with van der Waals surface area (Å²) in [6.07, 6.45) is 0.597. The summed E-state index contributed by atoms with van der Waals surface area (Å²) >= 11 is 0. The highest BCUT2D eigenvalue weighted by molar-refractivity contribution is 7.89. The highest BCUT2D eigenvalue weighted by Crippen LogP contribution is 2.24. The minimum atomic E-state index is -3.75. The lowest BCUT2D eigenvalue weighted by Crippen LogP contribution is -2.58. The summed E-state index contributed by atoms with van der Waals surface area (Å²) in [5, 5.41) is 0. The Morgan fingerprint density at radius 3 is 2.03 bits per heavy atom. The Morgan fingerprint density at radius 2 is 1.42 bits per heavy atom. The minimum absolute atomic E-state index is 0.145. The average Bonchev–Trinajstić information content (AvgIpc) is 2.77. The predicted molar refractivity (Wildman–Crippen MR) is 121 cm³/mol. The Labute approximate surface area is 184 Å². The number of rotatable bonds is 6. The third-order valence-electron chi connectivity index (χ3n) is 5.66. The van der Waals surface area contributed by atoms with E-state index in [1.165, 1.54) is 4.31 Å². The molecule has 0 bridgehead atoms. The molecule has 0 radical (unpaired) electrons. The second kappa shape index (κ2) is 9.04. The molecule has 0 unspecified atom stereocenters. The first-order valence-corrected chi connectivity index (χ1v) is 11.8. The van der Waals surface area contributed by atoms with E-state index in [2.05, 4.69) is 0 Å². The molecule has 1 fully saturated rings. The molecule has 1 saturated heterocycles. The Balaban J connectivity index is 1.63. The lowest BCUT2D eigenvalue weighted by molar-refractivity contribution is -0.138. The number of carbonyl (C=O) groups excluding carboxylic acids is 1. The topological polar surface area (TPSA) is 57.7 Å². The molecule has 1 heterocycles. The molecular formula is C25H26N2O3S. The monoisotopic (exact) mass is 434 g/mol. The molecule has 0 N–H and O–H groups in total. The quantitative estimate of drug-likeness (QED) is 0.595. The van der Waals surface area contributed by atoms with Crippen molar-refractivity contribution in [3.8, 4) is 0 Å². The first kappa shape index (κ1) is 21.3. The Kier molecular flexibility index (Phi) is 6.20. The summed E-state index contributed by atoms with van der Waals surface area (Å²) in [7, 11) is -3.75. The SMILES string of the molecule is Cc1ccc(S(=O)(=O)N2CC(=O)N(Cc3ccccc3)[C@@H](Cc3ccccc3)C2)cc1. The van der Waals surface area contributed by atoms with Crippen molar-refractivity contribution in [2.45, 2.75) is 30.8 Å². The summed E-state index contributed by atoms with van der Waals surface area (Å²) in [5.74, 6) is -0.174. The van der Waals surface area contributed by atoms with Gasteiger partial charge < -0.3 is 4.90 Å². The molecule has 160 valence electrons. The molecule has 1 aliphatic rings. The number of hydrogen-bond acceptors (Lipinski definition) is 3. The van der Waals surface area contributed by atoms with Crippen molar-refractivity contribution in [3.63, 3.8) is 0 Å². The van der Waals surface area contributed by atoms with Crippen LogP contribution < -0.4 is 0 Å². The van der Waals surface area contributed by atoms with Gasteiger partial charge >= 0.3 is 0 Å². The van der Waals surface area contributed by atoms with E-state index in [1.54, 1.807) is 24.3 Å². The second-order valence-electron chi connectivity index (χ2n) is 7.96. The molecule has 5 nitrogen and oxygen atoms in total. The number of amides is 1. The van der Waals surface area contributed by atoms with Crippen LogP contribution in [0.5, 0.6) is 0 Å². The van der Waals surface area contributed by atoms with Crippen LogP contribution in [0.4, 0.5) is 0 Å². The van der Waals surface area contributed by atoms with Gasteiger partial charge in [-0.3, -0.25) is 4.79 Å². The lowest BCUT2D eigenvalue weighted by atomic mass is 10.0. The molecule has 1 aliphatic heterocycles. The van der Waals surface area contributed by atoms with Gasteiger partial charge in [0.2, 0.25) is 15.9 Å². The predicted octanol–water partition coefficient (Wildman–Crippen LogP) is 3.64. The lowest BCUT2D eigenvalue weighted by Gasteiger charge is -2.40. The maximum atomic E-state index is 13.3. The van der Waals surface area contributed by atoms with Gasteiger partial charge in [-0.15, -0.1) is 0 Å². The molecule has 4 rings (SSSR count). The largest absolute Gasteiger partial charge is 0.333 e. The summed E-state index contributed by atoms with van der Waals surface area (Å²) in [6.45, 7) is 2.51. The molecule has 0 aromatic heterocycles.